The van der Waals surface area contributed by atoms with E-state index in [2.05, 4.69) is 12.2 Å². The molecule has 1 amide bonds. The first kappa shape index (κ1) is 12.8. The number of fused-ring (bicyclic) bond motifs is 1. The lowest BCUT2D eigenvalue weighted by molar-refractivity contribution is -0.118. The molecule has 1 fully saturated rings. The molecular formula is C14H16ClNO3. The van der Waals surface area contributed by atoms with Gasteiger partial charge in [0.1, 0.15) is 5.75 Å². The van der Waals surface area contributed by atoms with Gasteiger partial charge >= 0.3 is 0 Å². The molecule has 102 valence electrons. The van der Waals surface area contributed by atoms with Crippen molar-refractivity contribution in [2.24, 2.45) is 5.92 Å². The number of hydrogen-bond donors (Lipinski definition) is 1. The van der Waals surface area contributed by atoms with E-state index in [1.165, 1.54) is 0 Å². The highest BCUT2D eigenvalue weighted by atomic mass is 35.5. The molecule has 1 N–H and O–H groups in total. The van der Waals surface area contributed by atoms with Gasteiger partial charge in [0.15, 0.2) is 6.61 Å². The average Bonchev–Trinajstić information content (AvgIpc) is 2.83. The van der Waals surface area contributed by atoms with Crippen LogP contribution >= 0.6 is 11.6 Å². The van der Waals surface area contributed by atoms with Crippen LogP contribution in [0.5, 0.6) is 5.75 Å². The number of anilines is 1. The predicted octanol–water partition coefficient (Wildman–Crippen LogP) is 2.72. The number of alkyl halides is 1. The molecule has 0 radical (unpaired) electrons. The molecule has 2 heterocycles. The lowest BCUT2D eigenvalue weighted by Gasteiger charge is -2.23. The molecule has 1 aromatic carbocycles. The molecule has 1 saturated heterocycles. The van der Waals surface area contributed by atoms with Gasteiger partial charge in [-0.3, -0.25) is 4.79 Å². The predicted molar refractivity (Wildman–Crippen MR) is 72.7 cm³/mol. The van der Waals surface area contributed by atoms with E-state index < -0.39 is 0 Å². The molecule has 4 nitrogen and oxygen atoms in total. The fourth-order valence-electron chi connectivity index (χ4n) is 2.55. The van der Waals surface area contributed by atoms with Gasteiger partial charge in [-0.05, 0) is 30.0 Å². The van der Waals surface area contributed by atoms with Gasteiger partial charge in [-0.1, -0.05) is 13.0 Å². The lowest BCUT2D eigenvalue weighted by atomic mass is 9.96. The van der Waals surface area contributed by atoms with Crippen LogP contribution < -0.4 is 10.1 Å². The summed E-state index contributed by atoms with van der Waals surface area (Å²) < 4.78 is 11.0. The first-order chi connectivity index (χ1) is 9.15. The van der Waals surface area contributed by atoms with Crippen LogP contribution in [-0.4, -0.2) is 25.2 Å². The second kappa shape index (κ2) is 5.02. The molecule has 0 aliphatic carbocycles. The van der Waals surface area contributed by atoms with Crippen molar-refractivity contribution >= 4 is 23.2 Å². The maximum absolute atomic E-state index is 11.3. The Morgan fingerprint density at radius 1 is 1.47 bits per heavy atom. The normalized spacial score (nSPS) is 27.4. The van der Waals surface area contributed by atoms with Crippen LogP contribution in [-0.2, 0) is 9.53 Å². The van der Waals surface area contributed by atoms with E-state index in [4.69, 9.17) is 21.1 Å². The molecular weight excluding hydrogens is 266 g/mol. The Morgan fingerprint density at radius 3 is 3.05 bits per heavy atom. The average molecular weight is 282 g/mol. The van der Waals surface area contributed by atoms with Crippen molar-refractivity contribution in [2.45, 2.75) is 24.8 Å². The quantitative estimate of drug-likeness (QED) is 0.848. The molecule has 3 rings (SSSR count). The first-order valence-electron chi connectivity index (χ1n) is 6.47. The molecule has 0 bridgehead atoms. The van der Waals surface area contributed by atoms with Crippen LogP contribution in [0.25, 0.3) is 0 Å². The molecule has 19 heavy (non-hydrogen) atoms. The van der Waals surface area contributed by atoms with Crippen LogP contribution in [0.15, 0.2) is 18.2 Å². The standard InChI is InChI=1S/C14H16ClNO3/c1-8-4-5-18-14(8)13(15)9-2-3-11-10(6-9)16-12(17)7-19-11/h2-3,6,8,13-14H,4-5,7H2,1H3,(H,16,17). The summed E-state index contributed by atoms with van der Waals surface area (Å²) in [7, 11) is 0. The Hall–Kier alpha value is -1.26. The minimum atomic E-state index is -0.207. The fraction of sp³-hybridized carbons (Fsp3) is 0.500. The van der Waals surface area contributed by atoms with E-state index in [1.807, 2.05) is 18.2 Å². The van der Waals surface area contributed by atoms with Gasteiger partial charge in [0.2, 0.25) is 0 Å². The molecule has 2 aliphatic rings. The second-order valence-corrected chi connectivity index (χ2v) is 5.57. The van der Waals surface area contributed by atoms with Crippen LogP contribution in [0, 0.1) is 5.92 Å². The van der Waals surface area contributed by atoms with Crippen LogP contribution in [0.2, 0.25) is 0 Å². The highest BCUT2D eigenvalue weighted by Crippen LogP contribution is 2.38. The highest BCUT2D eigenvalue weighted by molar-refractivity contribution is 6.21. The molecule has 5 heteroatoms. The summed E-state index contributed by atoms with van der Waals surface area (Å²) >= 11 is 6.51. The third-order valence-corrected chi connectivity index (χ3v) is 4.19. The largest absolute Gasteiger partial charge is 0.482 e. The summed E-state index contributed by atoms with van der Waals surface area (Å²) in [6.07, 6.45) is 1.07. The zero-order valence-corrected chi connectivity index (χ0v) is 11.4. The summed E-state index contributed by atoms with van der Waals surface area (Å²) in [5.74, 6) is 0.998. The van der Waals surface area contributed by atoms with Gasteiger partial charge in [0.25, 0.3) is 5.91 Å². The number of ether oxygens (including phenoxy) is 2. The number of carbonyl (C=O) groups excluding carboxylic acids is 1. The van der Waals surface area contributed by atoms with E-state index in [-0.39, 0.29) is 24.0 Å². The van der Waals surface area contributed by atoms with Crippen molar-refractivity contribution in [1.29, 1.82) is 0 Å². The number of rotatable bonds is 2. The molecule has 3 unspecified atom stereocenters. The van der Waals surface area contributed by atoms with E-state index in [1.54, 1.807) is 0 Å². The Kier molecular flexibility index (Phi) is 3.37. The summed E-state index contributed by atoms with van der Waals surface area (Å²) in [6.45, 7) is 2.98. The van der Waals surface area contributed by atoms with E-state index in [0.717, 1.165) is 18.6 Å². The minimum Gasteiger partial charge on any atom is -0.482 e. The number of amides is 1. The Balaban J connectivity index is 1.85. The zero-order valence-electron chi connectivity index (χ0n) is 10.7. The molecule has 0 spiro atoms. The van der Waals surface area contributed by atoms with E-state index in [9.17, 15) is 4.79 Å². The second-order valence-electron chi connectivity index (χ2n) is 5.10. The fourth-order valence-corrected chi connectivity index (χ4v) is 3.01. The summed E-state index contributed by atoms with van der Waals surface area (Å²) in [5.41, 5.74) is 1.63. The maximum Gasteiger partial charge on any atom is 0.262 e. The minimum absolute atomic E-state index is 0.0277. The summed E-state index contributed by atoms with van der Waals surface area (Å²) in [4.78, 5) is 11.3. The van der Waals surface area contributed by atoms with E-state index in [0.29, 0.717) is 17.4 Å². The molecule has 3 atom stereocenters. The number of nitrogens with one attached hydrogen (secondary N) is 1. The summed E-state index contributed by atoms with van der Waals surface area (Å²) in [5, 5.41) is 2.59. The van der Waals surface area contributed by atoms with Gasteiger partial charge in [-0.25, -0.2) is 0 Å². The number of halogens is 1. The van der Waals surface area contributed by atoms with Gasteiger partial charge in [-0.2, -0.15) is 0 Å². The molecule has 0 saturated carbocycles. The number of hydrogen-bond acceptors (Lipinski definition) is 3. The Morgan fingerprint density at radius 2 is 2.32 bits per heavy atom. The molecule has 0 aromatic heterocycles. The summed E-state index contributed by atoms with van der Waals surface area (Å²) in [6, 6.07) is 5.65. The smallest absolute Gasteiger partial charge is 0.262 e. The topological polar surface area (TPSA) is 47.6 Å². The highest BCUT2D eigenvalue weighted by Gasteiger charge is 2.32. The monoisotopic (exact) mass is 281 g/mol. The van der Waals surface area contributed by atoms with Crippen molar-refractivity contribution < 1.29 is 14.3 Å². The van der Waals surface area contributed by atoms with Crippen molar-refractivity contribution in [2.75, 3.05) is 18.5 Å². The van der Waals surface area contributed by atoms with Crippen LogP contribution in [0.3, 0.4) is 0 Å². The van der Waals surface area contributed by atoms with Crippen molar-refractivity contribution in [1.82, 2.24) is 0 Å². The van der Waals surface area contributed by atoms with E-state index >= 15 is 0 Å². The Labute approximate surface area is 117 Å². The zero-order chi connectivity index (χ0) is 13.4. The van der Waals surface area contributed by atoms with Crippen molar-refractivity contribution in [3.05, 3.63) is 23.8 Å². The third-order valence-electron chi connectivity index (χ3n) is 3.69. The third kappa shape index (κ3) is 2.42. The van der Waals surface area contributed by atoms with Gasteiger partial charge in [0.05, 0.1) is 17.2 Å². The lowest BCUT2D eigenvalue weighted by Crippen LogP contribution is -2.26. The van der Waals surface area contributed by atoms with Crippen LogP contribution in [0.4, 0.5) is 5.69 Å². The Bertz CT molecular complexity index is 505. The van der Waals surface area contributed by atoms with Crippen LogP contribution in [0.1, 0.15) is 24.3 Å². The number of carbonyl (C=O) groups is 1. The molecule has 1 aromatic rings. The van der Waals surface area contributed by atoms with Gasteiger partial charge < -0.3 is 14.8 Å². The molecule has 2 aliphatic heterocycles. The maximum atomic E-state index is 11.3. The van der Waals surface area contributed by atoms with Crippen molar-refractivity contribution in [3.63, 3.8) is 0 Å². The SMILES string of the molecule is CC1CCOC1C(Cl)c1ccc2c(c1)NC(=O)CO2. The van der Waals surface area contributed by atoms with Gasteiger partial charge in [0, 0.05) is 6.61 Å². The van der Waals surface area contributed by atoms with Gasteiger partial charge in [-0.15, -0.1) is 11.6 Å². The van der Waals surface area contributed by atoms with Crippen molar-refractivity contribution in [3.8, 4) is 5.75 Å². The number of benzene rings is 1. The first-order valence-corrected chi connectivity index (χ1v) is 6.91.